The van der Waals surface area contributed by atoms with Crippen molar-refractivity contribution in [2.75, 3.05) is 18.4 Å². The zero-order valence-corrected chi connectivity index (χ0v) is 12.2. The minimum atomic E-state index is -0.222. The molecule has 1 aliphatic carbocycles. The summed E-state index contributed by atoms with van der Waals surface area (Å²) < 4.78 is 0. The summed E-state index contributed by atoms with van der Waals surface area (Å²) in [6.07, 6.45) is 5.43. The fraction of sp³-hybridized carbons (Fsp3) is 0.714. The third-order valence-electron chi connectivity index (χ3n) is 4.19. The number of hydrogen-bond acceptors (Lipinski definition) is 4. The molecule has 0 bridgehead atoms. The van der Waals surface area contributed by atoms with Gasteiger partial charge in [-0.2, -0.15) is 0 Å². The number of hydrogen-bond donors (Lipinski definition) is 2. The summed E-state index contributed by atoms with van der Waals surface area (Å²) in [6, 6.07) is 0. The Hall–Kier alpha value is -0.940. The largest absolute Gasteiger partial charge is 0.316 e. The summed E-state index contributed by atoms with van der Waals surface area (Å²) in [4.78, 5) is 17.1. The van der Waals surface area contributed by atoms with Gasteiger partial charge in [0.05, 0.1) is 11.1 Å². The summed E-state index contributed by atoms with van der Waals surface area (Å²) in [7, 11) is 0. The van der Waals surface area contributed by atoms with Crippen LogP contribution in [0.1, 0.15) is 50.6 Å². The maximum atomic E-state index is 12.5. The Morgan fingerprint density at radius 1 is 1.63 bits per heavy atom. The van der Waals surface area contributed by atoms with E-state index >= 15 is 0 Å². The third-order valence-corrected chi connectivity index (χ3v) is 4.97. The molecule has 1 aromatic rings. The van der Waals surface area contributed by atoms with Gasteiger partial charge in [-0.15, -0.1) is 11.3 Å². The fourth-order valence-corrected chi connectivity index (χ4v) is 3.67. The summed E-state index contributed by atoms with van der Waals surface area (Å²) in [5.74, 6) is 0.802. The van der Waals surface area contributed by atoms with E-state index < -0.39 is 0 Å². The highest BCUT2D eigenvalue weighted by molar-refractivity contribution is 7.13. The molecule has 1 aliphatic heterocycles. The molecule has 5 heteroatoms. The lowest BCUT2D eigenvalue weighted by Gasteiger charge is -2.25. The van der Waals surface area contributed by atoms with Gasteiger partial charge in [-0.05, 0) is 32.2 Å². The van der Waals surface area contributed by atoms with Crippen molar-refractivity contribution in [2.24, 2.45) is 5.41 Å². The minimum Gasteiger partial charge on any atom is -0.316 e. The SMILES string of the molecule is CCCC1(C(=O)Nc2nc(C3CC3)cs2)CCNC1. The molecular formula is C14H21N3OS. The number of amides is 1. The first-order chi connectivity index (χ1) is 9.23. The van der Waals surface area contributed by atoms with Gasteiger partial charge in [0.15, 0.2) is 5.13 Å². The lowest BCUT2D eigenvalue weighted by Crippen LogP contribution is -2.38. The van der Waals surface area contributed by atoms with Crippen molar-refractivity contribution in [3.63, 3.8) is 0 Å². The Labute approximate surface area is 118 Å². The van der Waals surface area contributed by atoms with E-state index in [0.29, 0.717) is 5.92 Å². The first kappa shape index (κ1) is 13.1. The maximum absolute atomic E-state index is 12.5. The second-order valence-corrected chi connectivity index (χ2v) is 6.62. The quantitative estimate of drug-likeness (QED) is 0.871. The number of carbonyl (C=O) groups is 1. The second kappa shape index (κ2) is 5.21. The van der Waals surface area contributed by atoms with Gasteiger partial charge in [0.2, 0.25) is 5.91 Å². The second-order valence-electron chi connectivity index (χ2n) is 5.76. The molecule has 0 radical (unpaired) electrons. The molecule has 2 N–H and O–H groups in total. The van der Waals surface area contributed by atoms with Crippen LogP contribution >= 0.6 is 11.3 Å². The molecule has 1 unspecified atom stereocenters. The molecule has 0 spiro atoms. The number of nitrogens with one attached hydrogen (secondary N) is 2. The number of rotatable bonds is 5. The van der Waals surface area contributed by atoms with Crippen LogP contribution in [-0.2, 0) is 4.79 Å². The van der Waals surface area contributed by atoms with Gasteiger partial charge in [0, 0.05) is 17.8 Å². The average Bonchev–Trinajstić information content (AvgIpc) is 2.96. The highest BCUT2D eigenvalue weighted by Gasteiger charge is 2.40. The van der Waals surface area contributed by atoms with Crippen LogP contribution in [0.3, 0.4) is 0 Å². The number of anilines is 1. The van der Waals surface area contributed by atoms with Crippen LogP contribution in [0.5, 0.6) is 0 Å². The molecule has 1 amide bonds. The van der Waals surface area contributed by atoms with Crippen LogP contribution in [0.2, 0.25) is 0 Å². The van der Waals surface area contributed by atoms with Gasteiger partial charge < -0.3 is 10.6 Å². The molecule has 1 aromatic heterocycles. The molecule has 1 saturated heterocycles. The molecular weight excluding hydrogens is 258 g/mol. The highest BCUT2D eigenvalue weighted by Crippen LogP contribution is 2.41. The molecule has 0 aromatic carbocycles. The van der Waals surface area contributed by atoms with Crippen LogP contribution in [-0.4, -0.2) is 24.0 Å². The molecule has 1 saturated carbocycles. The molecule has 2 aliphatic rings. The van der Waals surface area contributed by atoms with Crippen molar-refractivity contribution in [3.05, 3.63) is 11.1 Å². The standard InChI is InChI=1S/C14H21N3OS/c1-2-5-14(6-7-15-9-14)12(18)17-13-16-11(8-19-13)10-3-4-10/h8,10,15H,2-7,9H2,1H3,(H,16,17,18). The predicted molar refractivity (Wildman–Crippen MR) is 77.5 cm³/mol. The minimum absolute atomic E-state index is 0.149. The van der Waals surface area contributed by atoms with Crippen molar-refractivity contribution >= 4 is 22.4 Å². The van der Waals surface area contributed by atoms with Crippen LogP contribution in [0.15, 0.2) is 5.38 Å². The number of thiazole rings is 1. The van der Waals surface area contributed by atoms with Gasteiger partial charge in [0.25, 0.3) is 0 Å². The van der Waals surface area contributed by atoms with E-state index in [0.717, 1.165) is 43.2 Å². The van der Waals surface area contributed by atoms with E-state index in [9.17, 15) is 4.79 Å². The van der Waals surface area contributed by atoms with E-state index in [1.54, 1.807) is 11.3 Å². The van der Waals surface area contributed by atoms with Crippen molar-refractivity contribution < 1.29 is 4.79 Å². The molecule has 4 nitrogen and oxygen atoms in total. The van der Waals surface area contributed by atoms with Gasteiger partial charge in [-0.3, -0.25) is 4.79 Å². The van der Waals surface area contributed by atoms with E-state index in [-0.39, 0.29) is 11.3 Å². The number of nitrogens with zero attached hydrogens (tertiary/aromatic N) is 1. The van der Waals surface area contributed by atoms with Crippen molar-refractivity contribution in [1.29, 1.82) is 0 Å². The van der Waals surface area contributed by atoms with E-state index in [1.807, 2.05) is 0 Å². The molecule has 104 valence electrons. The van der Waals surface area contributed by atoms with Crippen LogP contribution in [0, 0.1) is 5.41 Å². The van der Waals surface area contributed by atoms with Gasteiger partial charge in [-0.25, -0.2) is 4.98 Å². The first-order valence-corrected chi connectivity index (χ1v) is 8.09. The van der Waals surface area contributed by atoms with Crippen LogP contribution in [0.25, 0.3) is 0 Å². The van der Waals surface area contributed by atoms with Gasteiger partial charge in [-0.1, -0.05) is 13.3 Å². The Morgan fingerprint density at radius 3 is 3.11 bits per heavy atom. The summed E-state index contributed by atoms with van der Waals surface area (Å²) >= 11 is 1.56. The molecule has 2 heterocycles. The van der Waals surface area contributed by atoms with Crippen molar-refractivity contribution in [3.8, 4) is 0 Å². The first-order valence-electron chi connectivity index (χ1n) is 7.21. The highest BCUT2D eigenvalue weighted by atomic mass is 32.1. The summed E-state index contributed by atoms with van der Waals surface area (Å²) in [6.45, 7) is 3.88. The average molecular weight is 279 g/mol. The topological polar surface area (TPSA) is 54.0 Å². The summed E-state index contributed by atoms with van der Waals surface area (Å²) in [5.41, 5.74) is 0.939. The fourth-order valence-electron chi connectivity index (χ4n) is 2.88. The smallest absolute Gasteiger partial charge is 0.233 e. The summed E-state index contributed by atoms with van der Waals surface area (Å²) in [5, 5.41) is 9.22. The molecule has 3 rings (SSSR count). The van der Waals surface area contributed by atoms with E-state index in [1.165, 1.54) is 12.8 Å². The maximum Gasteiger partial charge on any atom is 0.233 e. The molecule has 1 atom stereocenters. The van der Waals surface area contributed by atoms with E-state index in [2.05, 4.69) is 27.9 Å². The zero-order chi connectivity index (χ0) is 13.3. The number of aromatic nitrogens is 1. The van der Waals surface area contributed by atoms with Gasteiger partial charge in [0.1, 0.15) is 0 Å². The van der Waals surface area contributed by atoms with Crippen LogP contribution in [0.4, 0.5) is 5.13 Å². The van der Waals surface area contributed by atoms with Crippen molar-refractivity contribution in [2.45, 2.75) is 44.9 Å². The number of carbonyl (C=O) groups excluding carboxylic acids is 1. The lowest BCUT2D eigenvalue weighted by molar-refractivity contribution is -0.125. The predicted octanol–water partition coefficient (Wildman–Crippen LogP) is 2.74. The molecule has 19 heavy (non-hydrogen) atoms. The monoisotopic (exact) mass is 279 g/mol. The Bertz CT molecular complexity index is 461. The van der Waals surface area contributed by atoms with Crippen LogP contribution < -0.4 is 10.6 Å². The third kappa shape index (κ3) is 2.67. The Balaban J connectivity index is 1.68. The molecule has 2 fully saturated rings. The van der Waals surface area contributed by atoms with E-state index in [4.69, 9.17) is 0 Å². The van der Waals surface area contributed by atoms with Crippen molar-refractivity contribution in [1.82, 2.24) is 10.3 Å². The Morgan fingerprint density at radius 2 is 2.47 bits per heavy atom. The lowest BCUT2D eigenvalue weighted by atomic mass is 9.81. The Kier molecular flexibility index (Phi) is 3.58. The zero-order valence-electron chi connectivity index (χ0n) is 11.4. The van der Waals surface area contributed by atoms with Gasteiger partial charge >= 0.3 is 0 Å². The normalized spacial score (nSPS) is 26.6.